The monoisotopic (exact) mass is 211 g/mol. The molecule has 2 fully saturated rings. The van der Waals surface area contributed by atoms with Crippen molar-refractivity contribution >= 4 is 0 Å². The van der Waals surface area contributed by atoms with Gasteiger partial charge in [0.25, 0.3) is 0 Å². The average Bonchev–Trinajstić information content (AvgIpc) is 2.23. The largest absolute Gasteiger partial charge is 0.376 e. The van der Waals surface area contributed by atoms with Gasteiger partial charge in [-0.1, -0.05) is 0 Å². The summed E-state index contributed by atoms with van der Waals surface area (Å²) >= 11 is 0. The first kappa shape index (κ1) is 11.4. The van der Waals surface area contributed by atoms with Crippen LogP contribution < -0.4 is 5.32 Å². The van der Waals surface area contributed by atoms with E-state index in [-0.39, 0.29) is 0 Å². The molecule has 0 aromatic heterocycles. The van der Waals surface area contributed by atoms with Crippen molar-refractivity contribution in [3.8, 4) is 0 Å². The SMILES string of the molecule is CC(C)OC1CCC2(CCNCC2)CC1. The van der Waals surface area contributed by atoms with Crippen molar-refractivity contribution in [1.82, 2.24) is 5.32 Å². The molecule has 0 unspecified atom stereocenters. The zero-order chi connectivity index (χ0) is 10.7. The topological polar surface area (TPSA) is 21.3 Å². The molecule has 88 valence electrons. The molecular formula is C13H25NO. The third-order valence-electron chi connectivity index (χ3n) is 4.12. The van der Waals surface area contributed by atoms with Crippen molar-refractivity contribution in [2.24, 2.45) is 5.41 Å². The molecule has 15 heavy (non-hydrogen) atoms. The standard InChI is InChI=1S/C13H25NO/c1-11(2)15-12-3-5-13(6-4-12)7-9-14-10-8-13/h11-12,14H,3-10H2,1-2H3. The number of nitrogens with one attached hydrogen (secondary N) is 1. The number of hydrogen-bond donors (Lipinski definition) is 1. The third-order valence-corrected chi connectivity index (χ3v) is 4.12. The van der Waals surface area contributed by atoms with Crippen LogP contribution in [-0.2, 0) is 4.74 Å². The van der Waals surface area contributed by atoms with Gasteiger partial charge in [0, 0.05) is 0 Å². The molecule has 0 atom stereocenters. The van der Waals surface area contributed by atoms with E-state index in [0.717, 1.165) is 0 Å². The lowest BCUT2D eigenvalue weighted by Gasteiger charge is -2.43. The van der Waals surface area contributed by atoms with Crippen molar-refractivity contribution in [2.75, 3.05) is 13.1 Å². The molecule has 1 saturated heterocycles. The minimum Gasteiger partial charge on any atom is -0.376 e. The molecular weight excluding hydrogens is 186 g/mol. The lowest BCUT2D eigenvalue weighted by molar-refractivity contribution is -0.0409. The van der Waals surface area contributed by atoms with E-state index in [1.165, 1.54) is 51.6 Å². The fourth-order valence-corrected chi connectivity index (χ4v) is 3.18. The van der Waals surface area contributed by atoms with Crippen LogP contribution >= 0.6 is 0 Å². The molecule has 1 spiro atoms. The van der Waals surface area contributed by atoms with Crippen LogP contribution in [0.1, 0.15) is 52.4 Å². The van der Waals surface area contributed by atoms with Crippen LogP contribution in [0.4, 0.5) is 0 Å². The highest BCUT2D eigenvalue weighted by Crippen LogP contribution is 2.43. The highest BCUT2D eigenvalue weighted by Gasteiger charge is 2.36. The van der Waals surface area contributed by atoms with Crippen LogP contribution in [0.25, 0.3) is 0 Å². The maximum absolute atomic E-state index is 5.91. The van der Waals surface area contributed by atoms with E-state index >= 15 is 0 Å². The Morgan fingerprint density at radius 2 is 1.67 bits per heavy atom. The van der Waals surface area contributed by atoms with Crippen molar-refractivity contribution in [1.29, 1.82) is 0 Å². The summed E-state index contributed by atoms with van der Waals surface area (Å²) < 4.78 is 5.91. The van der Waals surface area contributed by atoms with Crippen LogP contribution in [0.2, 0.25) is 0 Å². The minimum atomic E-state index is 0.400. The first-order valence-electron chi connectivity index (χ1n) is 6.56. The Labute approximate surface area is 93.8 Å². The predicted octanol–water partition coefficient (Wildman–Crippen LogP) is 2.72. The smallest absolute Gasteiger partial charge is 0.0579 e. The summed E-state index contributed by atoms with van der Waals surface area (Å²) in [4.78, 5) is 0. The summed E-state index contributed by atoms with van der Waals surface area (Å²) in [6, 6.07) is 0. The molecule has 0 radical (unpaired) electrons. The van der Waals surface area contributed by atoms with E-state index < -0.39 is 0 Å². The maximum Gasteiger partial charge on any atom is 0.0579 e. The number of piperidine rings is 1. The Morgan fingerprint density at radius 3 is 2.20 bits per heavy atom. The van der Waals surface area contributed by atoms with Gasteiger partial charge in [-0.3, -0.25) is 0 Å². The number of rotatable bonds is 2. The second-order valence-electron chi connectivity index (χ2n) is 5.63. The van der Waals surface area contributed by atoms with E-state index in [9.17, 15) is 0 Å². The van der Waals surface area contributed by atoms with Crippen LogP contribution in [0.3, 0.4) is 0 Å². The maximum atomic E-state index is 5.91. The Balaban J connectivity index is 1.80. The van der Waals surface area contributed by atoms with Gasteiger partial charge in [0.2, 0.25) is 0 Å². The zero-order valence-corrected chi connectivity index (χ0v) is 10.2. The molecule has 0 bridgehead atoms. The molecule has 1 N–H and O–H groups in total. The van der Waals surface area contributed by atoms with Gasteiger partial charge in [0.15, 0.2) is 0 Å². The molecule has 1 aliphatic heterocycles. The van der Waals surface area contributed by atoms with E-state index in [2.05, 4.69) is 19.2 Å². The second kappa shape index (κ2) is 4.84. The summed E-state index contributed by atoms with van der Waals surface area (Å²) in [5.74, 6) is 0. The second-order valence-corrected chi connectivity index (χ2v) is 5.63. The zero-order valence-electron chi connectivity index (χ0n) is 10.2. The van der Waals surface area contributed by atoms with E-state index in [0.29, 0.717) is 17.6 Å². The molecule has 2 aliphatic rings. The van der Waals surface area contributed by atoms with E-state index in [1.807, 2.05) is 0 Å². The van der Waals surface area contributed by atoms with Crippen LogP contribution in [0.5, 0.6) is 0 Å². The fourth-order valence-electron chi connectivity index (χ4n) is 3.18. The Morgan fingerprint density at radius 1 is 1.07 bits per heavy atom. The molecule has 2 heteroatoms. The van der Waals surface area contributed by atoms with Gasteiger partial charge < -0.3 is 10.1 Å². The van der Waals surface area contributed by atoms with Crippen molar-refractivity contribution in [2.45, 2.75) is 64.6 Å². The van der Waals surface area contributed by atoms with Crippen LogP contribution in [-0.4, -0.2) is 25.3 Å². The summed E-state index contributed by atoms with van der Waals surface area (Å²) in [6.45, 7) is 6.76. The fraction of sp³-hybridized carbons (Fsp3) is 1.00. The molecule has 2 rings (SSSR count). The van der Waals surface area contributed by atoms with E-state index in [4.69, 9.17) is 4.74 Å². The first-order chi connectivity index (χ1) is 7.20. The van der Waals surface area contributed by atoms with Crippen molar-refractivity contribution < 1.29 is 4.74 Å². The van der Waals surface area contributed by atoms with Gasteiger partial charge in [0.05, 0.1) is 12.2 Å². The van der Waals surface area contributed by atoms with Gasteiger partial charge in [-0.2, -0.15) is 0 Å². The quantitative estimate of drug-likeness (QED) is 0.758. The Kier molecular flexibility index (Phi) is 3.68. The Hall–Kier alpha value is -0.0800. The molecule has 1 saturated carbocycles. The summed E-state index contributed by atoms with van der Waals surface area (Å²) in [5, 5.41) is 3.47. The van der Waals surface area contributed by atoms with Gasteiger partial charge in [-0.05, 0) is 70.9 Å². The first-order valence-corrected chi connectivity index (χ1v) is 6.56. The predicted molar refractivity (Wildman–Crippen MR) is 63.0 cm³/mol. The lowest BCUT2D eigenvalue weighted by atomic mass is 9.68. The average molecular weight is 211 g/mol. The third kappa shape index (κ3) is 2.94. The van der Waals surface area contributed by atoms with Crippen molar-refractivity contribution in [3.05, 3.63) is 0 Å². The summed E-state index contributed by atoms with van der Waals surface area (Å²) in [6.07, 6.45) is 9.10. The number of ether oxygens (including phenoxy) is 1. The van der Waals surface area contributed by atoms with Crippen LogP contribution in [0.15, 0.2) is 0 Å². The molecule has 0 aromatic rings. The summed E-state index contributed by atoms with van der Waals surface area (Å²) in [7, 11) is 0. The number of hydrogen-bond acceptors (Lipinski definition) is 2. The van der Waals surface area contributed by atoms with Crippen LogP contribution in [0, 0.1) is 5.41 Å². The highest BCUT2D eigenvalue weighted by atomic mass is 16.5. The van der Waals surface area contributed by atoms with Gasteiger partial charge in [-0.15, -0.1) is 0 Å². The summed E-state index contributed by atoms with van der Waals surface area (Å²) in [5.41, 5.74) is 0.683. The highest BCUT2D eigenvalue weighted by molar-refractivity contribution is 4.89. The molecule has 0 amide bonds. The normalized spacial score (nSPS) is 27.4. The lowest BCUT2D eigenvalue weighted by Crippen LogP contribution is -2.40. The molecule has 1 aliphatic carbocycles. The van der Waals surface area contributed by atoms with E-state index in [1.54, 1.807) is 0 Å². The van der Waals surface area contributed by atoms with Gasteiger partial charge in [0.1, 0.15) is 0 Å². The van der Waals surface area contributed by atoms with Crippen molar-refractivity contribution in [3.63, 3.8) is 0 Å². The Bertz CT molecular complexity index is 187. The molecule has 1 heterocycles. The molecule has 2 nitrogen and oxygen atoms in total. The van der Waals surface area contributed by atoms with Gasteiger partial charge in [-0.25, -0.2) is 0 Å². The van der Waals surface area contributed by atoms with Gasteiger partial charge >= 0.3 is 0 Å². The minimum absolute atomic E-state index is 0.400. The molecule has 0 aromatic carbocycles.